The Balaban J connectivity index is 0.00000128. The first kappa shape index (κ1) is 13.4. The Bertz CT molecular complexity index is 394. The molecule has 2 rings (SSSR count). The van der Waals surface area contributed by atoms with E-state index in [0.717, 1.165) is 24.9 Å². The third kappa shape index (κ3) is 2.72. The maximum absolute atomic E-state index is 10.7. The fraction of sp³-hybridized carbons (Fsp3) is 0.400. The molecule has 0 aliphatic carbocycles. The molecule has 0 bridgehead atoms. The van der Waals surface area contributed by atoms with Crippen molar-refractivity contribution in [2.45, 2.75) is 18.9 Å². The number of nitrogens with one attached hydrogen (secondary N) is 1. The van der Waals surface area contributed by atoms with Gasteiger partial charge in [0.05, 0.1) is 9.40 Å². The smallest absolute Gasteiger partial charge is 0.283 e. The summed E-state index contributed by atoms with van der Waals surface area (Å²) in [4.78, 5) is 10.4. The average molecular weight is 308 g/mol. The van der Waals surface area contributed by atoms with Crippen LogP contribution in [-0.4, -0.2) is 11.5 Å². The number of nitrogens with zero attached hydrogens (tertiary/aromatic N) is 1. The number of halogens is 2. The molecule has 0 unspecified atom stereocenters. The van der Waals surface area contributed by atoms with Crippen molar-refractivity contribution < 1.29 is 4.92 Å². The molecule has 1 aromatic carbocycles. The molecule has 0 spiro atoms. The molecule has 1 N–H and O–H groups in total. The minimum Gasteiger partial charge on any atom is -0.310 e. The van der Waals surface area contributed by atoms with Crippen LogP contribution in [0.3, 0.4) is 0 Å². The predicted octanol–water partition coefficient (Wildman–Crippen LogP) is 3.20. The van der Waals surface area contributed by atoms with E-state index in [1.54, 1.807) is 12.1 Å². The van der Waals surface area contributed by atoms with Gasteiger partial charge in [-0.1, -0.05) is 6.07 Å². The van der Waals surface area contributed by atoms with Crippen LogP contribution < -0.4 is 5.32 Å². The van der Waals surface area contributed by atoms with E-state index in [1.807, 2.05) is 6.07 Å². The second-order valence-electron chi connectivity index (χ2n) is 3.62. The van der Waals surface area contributed by atoms with E-state index in [2.05, 4.69) is 21.2 Å². The second kappa shape index (κ2) is 5.61. The van der Waals surface area contributed by atoms with Gasteiger partial charge in [0.1, 0.15) is 0 Å². The predicted molar refractivity (Wildman–Crippen MR) is 68.0 cm³/mol. The second-order valence-corrected chi connectivity index (χ2v) is 4.47. The van der Waals surface area contributed by atoms with Gasteiger partial charge in [-0.3, -0.25) is 10.1 Å². The third-order valence-corrected chi connectivity index (χ3v) is 3.30. The number of hydrogen-bond donors (Lipinski definition) is 1. The fourth-order valence-electron chi connectivity index (χ4n) is 1.86. The quantitative estimate of drug-likeness (QED) is 0.674. The van der Waals surface area contributed by atoms with E-state index in [1.165, 1.54) is 0 Å². The Morgan fingerprint density at radius 1 is 1.50 bits per heavy atom. The molecule has 88 valence electrons. The van der Waals surface area contributed by atoms with Crippen molar-refractivity contribution in [3.63, 3.8) is 0 Å². The van der Waals surface area contributed by atoms with E-state index >= 15 is 0 Å². The van der Waals surface area contributed by atoms with Crippen molar-refractivity contribution in [2.24, 2.45) is 0 Å². The van der Waals surface area contributed by atoms with Gasteiger partial charge in [0.2, 0.25) is 0 Å². The van der Waals surface area contributed by atoms with Gasteiger partial charge in [0.15, 0.2) is 0 Å². The summed E-state index contributed by atoms with van der Waals surface area (Å²) in [5, 5.41) is 14.1. The molecule has 0 radical (unpaired) electrons. The lowest BCUT2D eigenvalue weighted by Gasteiger charge is -2.10. The van der Waals surface area contributed by atoms with Crippen molar-refractivity contribution in [3.05, 3.63) is 38.3 Å². The van der Waals surface area contributed by atoms with Gasteiger partial charge in [0, 0.05) is 12.1 Å². The first-order chi connectivity index (χ1) is 7.18. The van der Waals surface area contributed by atoms with Gasteiger partial charge in [0.25, 0.3) is 5.69 Å². The van der Waals surface area contributed by atoms with E-state index in [4.69, 9.17) is 0 Å². The minimum atomic E-state index is -0.359. The topological polar surface area (TPSA) is 55.2 Å². The Morgan fingerprint density at radius 2 is 2.25 bits per heavy atom. The first-order valence-electron chi connectivity index (χ1n) is 4.85. The van der Waals surface area contributed by atoms with Gasteiger partial charge >= 0.3 is 0 Å². The van der Waals surface area contributed by atoms with E-state index < -0.39 is 0 Å². The fourth-order valence-corrected chi connectivity index (χ4v) is 2.25. The molecule has 1 aliphatic rings. The number of nitro groups is 1. The monoisotopic (exact) mass is 306 g/mol. The molecule has 6 heteroatoms. The zero-order valence-electron chi connectivity index (χ0n) is 8.48. The van der Waals surface area contributed by atoms with Crippen LogP contribution in [-0.2, 0) is 0 Å². The van der Waals surface area contributed by atoms with Gasteiger partial charge in [-0.15, -0.1) is 12.4 Å². The van der Waals surface area contributed by atoms with Crippen molar-refractivity contribution in [3.8, 4) is 0 Å². The zero-order chi connectivity index (χ0) is 10.8. The molecule has 1 fully saturated rings. The normalized spacial score (nSPS) is 19.2. The highest BCUT2D eigenvalue weighted by atomic mass is 79.9. The number of benzene rings is 1. The van der Waals surface area contributed by atoms with Gasteiger partial charge < -0.3 is 5.32 Å². The van der Waals surface area contributed by atoms with Gasteiger partial charge in [-0.05, 0) is 46.9 Å². The maximum Gasteiger partial charge on any atom is 0.283 e. The van der Waals surface area contributed by atoms with Crippen LogP contribution in [0.1, 0.15) is 24.4 Å². The lowest BCUT2D eigenvalue weighted by Crippen LogP contribution is -2.12. The summed E-state index contributed by atoms with van der Waals surface area (Å²) in [6.07, 6.45) is 2.19. The molecule has 1 aromatic rings. The lowest BCUT2D eigenvalue weighted by molar-refractivity contribution is -0.385. The number of rotatable bonds is 2. The highest BCUT2D eigenvalue weighted by Gasteiger charge is 2.20. The largest absolute Gasteiger partial charge is 0.310 e. The molecule has 1 atom stereocenters. The van der Waals surface area contributed by atoms with Crippen molar-refractivity contribution in [1.29, 1.82) is 0 Å². The molecule has 1 saturated heterocycles. The number of hydrogen-bond acceptors (Lipinski definition) is 3. The molecule has 0 saturated carbocycles. The van der Waals surface area contributed by atoms with Crippen LogP contribution in [0, 0.1) is 10.1 Å². The Hall–Kier alpha value is -0.650. The summed E-state index contributed by atoms with van der Waals surface area (Å²) in [7, 11) is 0. The minimum absolute atomic E-state index is 0. The van der Waals surface area contributed by atoms with Crippen LogP contribution in [0.15, 0.2) is 22.7 Å². The standard InChI is InChI=1S/C10H11BrN2O2.ClH/c11-8-4-3-7(6-10(8)13(14)15)9-2-1-5-12-9;/h3-4,6,9,12H,1-2,5H2;1H/t9-;/m0./s1. The van der Waals surface area contributed by atoms with E-state index in [0.29, 0.717) is 4.47 Å². The molecule has 0 amide bonds. The molecule has 16 heavy (non-hydrogen) atoms. The molecule has 1 aliphatic heterocycles. The SMILES string of the molecule is Cl.O=[N+]([O-])c1cc([C@@H]2CCCN2)ccc1Br. The highest BCUT2D eigenvalue weighted by molar-refractivity contribution is 9.10. The summed E-state index contributed by atoms with van der Waals surface area (Å²) < 4.78 is 0.536. The Labute approximate surface area is 108 Å². The Morgan fingerprint density at radius 3 is 2.81 bits per heavy atom. The summed E-state index contributed by atoms with van der Waals surface area (Å²) in [6.45, 7) is 0.995. The average Bonchev–Trinajstić information content (AvgIpc) is 2.71. The van der Waals surface area contributed by atoms with E-state index in [-0.39, 0.29) is 29.1 Å². The van der Waals surface area contributed by atoms with Crippen molar-refractivity contribution >= 4 is 34.0 Å². The summed E-state index contributed by atoms with van der Waals surface area (Å²) in [5.41, 5.74) is 1.14. The highest BCUT2D eigenvalue weighted by Crippen LogP contribution is 2.30. The molecular weight excluding hydrogens is 295 g/mol. The van der Waals surface area contributed by atoms with E-state index in [9.17, 15) is 10.1 Å². The Kier molecular flexibility index (Phi) is 4.70. The van der Waals surface area contributed by atoms with Crippen molar-refractivity contribution in [1.82, 2.24) is 5.32 Å². The van der Waals surface area contributed by atoms with Crippen LogP contribution in [0.25, 0.3) is 0 Å². The number of nitro benzene ring substituents is 1. The third-order valence-electron chi connectivity index (χ3n) is 2.63. The van der Waals surface area contributed by atoms with Crippen LogP contribution in [0.2, 0.25) is 0 Å². The summed E-state index contributed by atoms with van der Waals surface area (Å²) in [6, 6.07) is 5.59. The van der Waals surface area contributed by atoms with Crippen molar-refractivity contribution in [2.75, 3.05) is 6.54 Å². The zero-order valence-corrected chi connectivity index (χ0v) is 10.9. The van der Waals surface area contributed by atoms with Crippen LogP contribution in [0.4, 0.5) is 5.69 Å². The molecule has 4 nitrogen and oxygen atoms in total. The molecular formula is C10H12BrClN2O2. The van der Waals surface area contributed by atoms with Gasteiger partial charge in [-0.25, -0.2) is 0 Å². The summed E-state index contributed by atoms with van der Waals surface area (Å²) >= 11 is 3.18. The molecule has 0 aromatic heterocycles. The summed E-state index contributed by atoms with van der Waals surface area (Å²) in [5.74, 6) is 0. The van der Waals surface area contributed by atoms with Crippen LogP contribution in [0.5, 0.6) is 0 Å². The first-order valence-corrected chi connectivity index (χ1v) is 5.65. The molecule has 1 heterocycles. The lowest BCUT2D eigenvalue weighted by atomic mass is 10.1. The maximum atomic E-state index is 10.7. The van der Waals surface area contributed by atoms with Crippen LogP contribution >= 0.6 is 28.3 Å². The van der Waals surface area contributed by atoms with Gasteiger partial charge in [-0.2, -0.15) is 0 Å².